The molecule has 1 aromatic rings. The molecule has 0 spiro atoms. The molecule has 0 atom stereocenters. The topological polar surface area (TPSA) is 49.3 Å². The highest BCUT2D eigenvalue weighted by Gasteiger charge is 2.49. The molecule has 3 heteroatoms. The number of hydrogen-bond acceptors (Lipinski definition) is 2. The molecule has 0 unspecified atom stereocenters. The molecule has 0 heterocycles. The van der Waals surface area contributed by atoms with Gasteiger partial charge in [-0.25, -0.2) is 0 Å². The van der Waals surface area contributed by atoms with Gasteiger partial charge in [0.05, 0.1) is 12.0 Å². The number of anilines is 1. The van der Waals surface area contributed by atoms with Crippen molar-refractivity contribution in [2.45, 2.75) is 33.6 Å². The quantitative estimate of drug-likeness (QED) is 0.841. The second-order valence-electron chi connectivity index (χ2n) is 5.14. The number of amides is 1. The van der Waals surface area contributed by atoms with Crippen LogP contribution in [0.4, 0.5) is 5.69 Å². The molecule has 0 radical (unpaired) electrons. The summed E-state index contributed by atoms with van der Waals surface area (Å²) in [4.78, 5) is 12.0. The van der Waals surface area contributed by atoms with E-state index in [1.807, 2.05) is 19.9 Å². The van der Waals surface area contributed by atoms with Crippen LogP contribution in [0.25, 0.3) is 0 Å². The van der Waals surface area contributed by atoms with Gasteiger partial charge in [-0.15, -0.1) is 0 Å². The fourth-order valence-electron chi connectivity index (χ4n) is 1.96. The average molecular weight is 233 g/mol. The van der Waals surface area contributed by atoms with E-state index in [1.165, 1.54) is 11.1 Å². The fraction of sp³-hybridized carbons (Fsp3) is 0.500. The number of aryl methyl sites for hydroxylation is 3. The molecule has 2 N–H and O–H groups in total. The number of rotatable bonds is 3. The Bertz CT molecular complexity index is 462. The maximum Gasteiger partial charge on any atom is 0.232 e. The number of carbonyl (C=O) groups is 1. The zero-order valence-electron chi connectivity index (χ0n) is 10.6. The van der Waals surface area contributed by atoms with E-state index in [1.54, 1.807) is 0 Å². The Labute approximate surface area is 102 Å². The van der Waals surface area contributed by atoms with E-state index in [-0.39, 0.29) is 12.5 Å². The summed E-state index contributed by atoms with van der Waals surface area (Å²) >= 11 is 0. The molecule has 17 heavy (non-hydrogen) atoms. The van der Waals surface area contributed by atoms with Gasteiger partial charge < -0.3 is 10.4 Å². The van der Waals surface area contributed by atoms with Gasteiger partial charge in [0.1, 0.15) is 0 Å². The van der Waals surface area contributed by atoms with Crippen LogP contribution in [0.3, 0.4) is 0 Å². The van der Waals surface area contributed by atoms with Crippen molar-refractivity contribution in [1.29, 1.82) is 0 Å². The van der Waals surface area contributed by atoms with Crippen molar-refractivity contribution in [1.82, 2.24) is 0 Å². The van der Waals surface area contributed by atoms with E-state index < -0.39 is 5.41 Å². The van der Waals surface area contributed by atoms with Crippen LogP contribution in [0, 0.1) is 26.2 Å². The molecule has 0 saturated heterocycles. The highest BCUT2D eigenvalue weighted by atomic mass is 16.3. The number of aliphatic hydroxyl groups excluding tert-OH is 1. The summed E-state index contributed by atoms with van der Waals surface area (Å²) in [6.45, 7) is 6.02. The number of aliphatic hydroxyl groups is 1. The monoisotopic (exact) mass is 233 g/mol. The Morgan fingerprint density at radius 3 is 2.35 bits per heavy atom. The van der Waals surface area contributed by atoms with Crippen molar-refractivity contribution >= 4 is 11.6 Å². The van der Waals surface area contributed by atoms with Gasteiger partial charge in [-0.1, -0.05) is 6.07 Å². The van der Waals surface area contributed by atoms with Gasteiger partial charge in [-0.3, -0.25) is 4.79 Å². The molecule has 1 saturated carbocycles. The molecule has 3 nitrogen and oxygen atoms in total. The summed E-state index contributed by atoms with van der Waals surface area (Å²) < 4.78 is 0. The predicted molar refractivity (Wildman–Crippen MR) is 68.0 cm³/mol. The molecule has 2 rings (SSSR count). The third-order valence-corrected chi connectivity index (χ3v) is 3.73. The number of hydrogen-bond donors (Lipinski definition) is 2. The standard InChI is InChI=1S/C14H19NO2/c1-9-6-11(3)12(7-10(9)2)15-13(17)14(8-16)4-5-14/h6-7,16H,4-5,8H2,1-3H3,(H,15,17). The number of benzene rings is 1. The van der Waals surface area contributed by atoms with Crippen molar-refractivity contribution < 1.29 is 9.90 Å². The molecule has 1 aliphatic carbocycles. The Hall–Kier alpha value is -1.35. The normalized spacial score (nSPS) is 16.7. The second kappa shape index (κ2) is 4.15. The lowest BCUT2D eigenvalue weighted by atomic mass is 10.0. The lowest BCUT2D eigenvalue weighted by molar-refractivity contribution is -0.122. The summed E-state index contributed by atoms with van der Waals surface area (Å²) in [6, 6.07) is 4.07. The van der Waals surface area contributed by atoms with E-state index in [0.717, 1.165) is 24.1 Å². The van der Waals surface area contributed by atoms with Crippen LogP contribution in [0.5, 0.6) is 0 Å². The molecule has 1 aromatic carbocycles. The second-order valence-corrected chi connectivity index (χ2v) is 5.14. The Morgan fingerprint density at radius 2 is 1.82 bits per heavy atom. The van der Waals surface area contributed by atoms with Crippen molar-refractivity contribution in [2.75, 3.05) is 11.9 Å². The highest BCUT2D eigenvalue weighted by Crippen LogP contribution is 2.46. The Morgan fingerprint density at radius 1 is 1.24 bits per heavy atom. The largest absolute Gasteiger partial charge is 0.395 e. The van der Waals surface area contributed by atoms with E-state index >= 15 is 0 Å². The number of carbonyl (C=O) groups excluding carboxylic acids is 1. The van der Waals surface area contributed by atoms with Crippen molar-refractivity contribution in [3.63, 3.8) is 0 Å². The SMILES string of the molecule is Cc1cc(C)c(NC(=O)C2(CO)CC2)cc1C. The summed E-state index contributed by atoms with van der Waals surface area (Å²) in [6.07, 6.45) is 1.58. The van der Waals surface area contributed by atoms with E-state index in [9.17, 15) is 9.90 Å². The van der Waals surface area contributed by atoms with Gasteiger partial charge in [0, 0.05) is 5.69 Å². The van der Waals surface area contributed by atoms with Gasteiger partial charge >= 0.3 is 0 Å². The first-order chi connectivity index (χ1) is 7.98. The van der Waals surface area contributed by atoms with Gasteiger partial charge in [0.2, 0.25) is 5.91 Å². The lowest BCUT2D eigenvalue weighted by Crippen LogP contribution is -2.27. The lowest BCUT2D eigenvalue weighted by Gasteiger charge is -2.15. The summed E-state index contributed by atoms with van der Waals surface area (Å²) in [5.41, 5.74) is 3.81. The molecular formula is C14H19NO2. The van der Waals surface area contributed by atoms with Crippen LogP contribution in [-0.4, -0.2) is 17.6 Å². The number of nitrogens with one attached hydrogen (secondary N) is 1. The van der Waals surface area contributed by atoms with E-state index in [2.05, 4.69) is 18.3 Å². The first-order valence-corrected chi connectivity index (χ1v) is 5.99. The fourth-order valence-corrected chi connectivity index (χ4v) is 1.96. The molecule has 1 fully saturated rings. The minimum atomic E-state index is -0.509. The summed E-state index contributed by atoms with van der Waals surface area (Å²) in [5.74, 6) is -0.0497. The van der Waals surface area contributed by atoms with Crippen molar-refractivity contribution in [3.8, 4) is 0 Å². The first kappa shape index (κ1) is 12.1. The smallest absolute Gasteiger partial charge is 0.232 e. The Kier molecular flexibility index (Phi) is 2.96. The van der Waals surface area contributed by atoms with Crippen LogP contribution in [0.15, 0.2) is 12.1 Å². The van der Waals surface area contributed by atoms with Gasteiger partial charge in [-0.05, 0) is 56.4 Å². The maximum atomic E-state index is 12.0. The minimum Gasteiger partial charge on any atom is -0.395 e. The zero-order chi connectivity index (χ0) is 12.6. The molecular weight excluding hydrogens is 214 g/mol. The Balaban J connectivity index is 2.19. The maximum absolute atomic E-state index is 12.0. The van der Waals surface area contributed by atoms with Crippen LogP contribution in [0.1, 0.15) is 29.5 Å². The minimum absolute atomic E-state index is 0.0497. The highest BCUT2D eigenvalue weighted by molar-refractivity contribution is 5.97. The van der Waals surface area contributed by atoms with Gasteiger partial charge in [-0.2, -0.15) is 0 Å². The van der Waals surface area contributed by atoms with Crippen LogP contribution in [0.2, 0.25) is 0 Å². The molecule has 1 amide bonds. The van der Waals surface area contributed by atoms with E-state index in [0.29, 0.717) is 0 Å². The van der Waals surface area contributed by atoms with Crippen LogP contribution < -0.4 is 5.32 Å². The summed E-state index contributed by atoms with van der Waals surface area (Å²) in [5, 5.41) is 12.1. The zero-order valence-corrected chi connectivity index (χ0v) is 10.6. The summed E-state index contributed by atoms with van der Waals surface area (Å²) in [7, 11) is 0. The van der Waals surface area contributed by atoms with Gasteiger partial charge in [0.25, 0.3) is 0 Å². The molecule has 0 aliphatic heterocycles. The third-order valence-electron chi connectivity index (χ3n) is 3.73. The van der Waals surface area contributed by atoms with Crippen LogP contribution in [-0.2, 0) is 4.79 Å². The molecule has 0 bridgehead atoms. The van der Waals surface area contributed by atoms with Crippen LogP contribution >= 0.6 is 0 Å². The molecule has 0 aromatic heterocycles. The predicted octanol–water partition coefficient (Wildman–Crippen LogP) is 2.32. The van der Waals surface area contributed by atoms with E-state index in [4.69, 9.17) is 0 Å². The molecule has 1 aliphatic rings. The molecule has 92 valence electrons. The van der Waals surface area contributed by atoms with Crippen molar-refractivity contribution in [2.24, 2.45) is 5.41 Å². The third kappa shape index (κ3) is 2.20. The van der Waals surface area contributed by atoms with Crippen molar-refractivity contribution in [3.05, 3.63) is 28.8 Å². The first-order valence-electron chi connectivity index (χ1n) is 5.99. The van der Waals surface area contributed by atoms with Gasteiger partial charge in [0.15, 0.2) is 0 Å². The average Bonchev–Trinajstić information content (AvgIpc) is 3.06.